The van der Waals surface area contributed by atoms with Crippen molar-refractivity contribution in [2.45, 2.75) is 58.4 Å². The lowest BCUT2D eigenvalue weighted by molar-refractivity contribution is 0.472. The van der Waals surface area contributed by atoms with Crippen LogP contribution in [0.4, 0.5) is 0 Å². The van der Waals surface area contributed by atoms with Gasteiger partial charge in [0, 0.05) is 5.56 Å². The van der Waals surface area contributed by atoms with Gasteiger partial charge in [0.25, 0.3) is 0 Å². The molecule has 0 spiro atoms. The van der Waals surface area contributed by atoms with E-state index in [1.807, 2.05) is 4.68 Å². The Kier molecular flexibility index (Phi) is 3.35. The molecule has 2 rings (SSSR count). The molecule has 3 heteroatoms. The average Bonchev–Trinajstić information content (AvgIpc) is 2.44. The van der Waals surface area contributed by atoms with E-state index in [1.54, 1.807) is 0 Å². The number of fused-ring (bicyclic) bond motifs is 1. The van der Waals surface area contributed by atoms with E-state index in [1.165, 1.54) is 30.5 Å². The van der Waals surface area contributed by atoms with E-state index in [2.05, 4.69) is 18.9 Å². The standard InChI is InChI=1S/C12H19ClN2/c1-3-9(2)15-12(13)10-7-5-4-6-8-11(10)14-15/h9H,3-8H2,1-2H3. The minimum absolute atomic E-state index is 0.421. The Morgan fingerprint density at radius 3 is 2.80 bits per heavy atom. The van der Waals surface area contributed by atoms with E-state index in [0.717, 1.165) is 24.4 Å². The average molecular weight is 227 g/mol. The predicted molar refractivity (Wildman–Crippen MR) is 63.5 cm³/mol. The van der Waals surface area contributed by atoms with Gasteiger partial charge in [-0.2, -0.15) is 5.10 Å². The third kappa shape index (κ3) is 2.05. The van der Waals surface area contributed by atoms with Gasteiger partial charge in [-0.05, 0) is 39.0 Å². The van der Waals surface area contributed by atoms with Crippen LogP contribution in [0.25, 0.3) is 0 Å². The van der Waals surface area contributed by atoms with Crippen LogP contribution in [0, 0.1) is 0 Å². The summed E-state index contributed by atoms with van der Waals surface area (Å²) in [4.78, 5) is 0. The van der Waals surface area contributed by atoms with E-state index in [9.17, 15) is 0 Å². The first kappa shape index (κ1) is 11.0. The molecule has 2 nitrogen and oxygen atoms in total. The fourth-order valence-electron chi connectivity index (χ4n) is 2.18. The van der Waals surface area contributed by atoms with Crippen LogP contribution in [-0.4, -0.2) is 9.78 Å². The Hall–Kier alpha value is -0.500. The third-order valence-electron chi connectivity index (χ3n) is 3.38. The maximum Gasteiger partial charge on any atom is 0.130 e. The van der Waals surface area contributed by atoms with Crippen LogP contribution in [0.1, 0.15) is 56.8 Å². The Bertz CT molecular complexity index is 344. The number of nitrogens with zero attached hydrogens (tertiary/aromatic N) is 2. The van der Waals surface area contributed by atoms with Crippen molar-refractivity contribution in [2.24, 2.45) is 0 Å². The van der Waals surface area contributed by atoms with E-state index >= 15 is 0 Å². The molecule has 0 aromatic carbocycles. The van der Waals surface area contributed by atoms with Crippen LogP contribution in [0.15, 0.2) is 0 Å². The fourth-order valence-corrected chi connectivity index (χ4v) is 2.58. The van der Waals surface area contributed by atoms with Gasteiger partial charge >= 0.3 is 0 Å². The van der Waals surface area contributed by atoms with Crippen LogP contribution in [-0.2, 0) is 12.8 Å². The van der Waals surface area contributed by atoms with Crippen molar-refractivity contribution in [3.8, 4) is 0 Å². The highest BCUT2D eigenvalue weighted by atomic mass is 35.5. The quantitative estimate of drug-likeness (QED) is 0.702. The number of rotatable bonds is 2. The monoisotopic (exact) mass is 226 g/mol. The highest BCUT2D eigenvalue weighted by molar-refractivity contribution is 6.30. The van der Waals surface area contributed by atoms with Crippen LogP contribution in [0.3, 0.4) is 0 Å². The van der Waals surface area contributed by atoms with E-state index in [0.29, 0.717) is 6.04 Å². The van der Waals surface area contributed by atoms with Crippen molar-refractivity contribution in [1.29, 1.82) is 0 Å². The first-order valence-corrected chi connectivity index (χ1v) is 6.37. The van der Waals surface area contributed by atoms with Crippen LogP contribution in [0.5, 0.6) is 0 Å². The maximum absolute atomic E-state index is 6.39. The predicted octanol–water partition coefficient (Wildman–Crippen LogP) is 3.78. The van der Waals surface area contributed by atoms with Gasteiger partial charge in [-0.25, -0.2) is 0 Å². The van der Waals surface area contributed by atoms with Crippen molar-refractivity contribution in [3.05, 3.63) is 16.4 Å². The topological polar surface area (TPSA) is 17.8 Å². The second kappa shape index (κ2) is 4.56. The lowest BCUT2D eigenvalue weighted by Crippen LogP contribution is -2.06. The second-order valence-electron chi connectivity index (χ2n) is 4.48. The van der Waals surface area contributed by atoms with E-state index in [-0.39, 0.29) is 0 Å². The number of hydrogen-bond donors (Lipinski definition) is 0. The molecule has 1 atom stereocenters. The number of hydrogen-bond acceptors (Lipinski definition) is 1. The molecule has 0 N–H and O–H groups in total. The summed E-state index contributed by atoms with van der Waals surface area (Å²) in [7, 11) is 0. The molecule has 1 aromatic heterocycles. The van der Waals surface area contributed by atoms with Crippen molar-refractivity contribution >= 4 is 11.6 Å². The molecular weight excluding hydrogens is 208 g/mol. The molecule has 0 fully saturated rings. The van der Waals surface area contributed by atoms with Crippen molar-refractivity contribution in [2.75, 3.05) is 0 Å². The molecule has 0 saturated heterocycles. The highest BCUT2D eigenvalue weighted by Crippen LogP contribution is 2.29. The summed E-state index contributed by atoms with van der Waals surface area (Å²) in [5.41, 5.74) is 2.56. The van der Waals surface area contributed by atoms with Gasteiger partial charge in [0.2, 0.25) is 0 Å². The molecule has 1 heterocycles. The number of halogens is 1. The SMILES string of the molecule is CCC(C)n1nc2c(c1Cl)CCCCC2. The van der Waals surface area contributed by atoms with Crippen molar-refractivity contribution in [1.82, 2.24) is 9.78 Å². The first-order chi connectivity index (χ1) is 7.24. The third-order valence-corrected chi connectivity index (χ3v) is 3.78. The molecule has 0 bridgehead atoms. The van der Waals surface area contributed by atoms with Crippen molar-refractivity contribution in [3.63, 3.8) is 0 Å². The molecular formula is C12H19ClN2. The molecule has 0 aliphatic heterocycles. The molecule has 15 heavy (non-hydrogen) atoms. The summed E-state index contributed by atoms with van der Waals surface area (Å²) in [6.45, 7) is 4.35. The lowest BCUT2D eigenvalue weighted by atomic mass is 10.1. The minimum Gasteiger partial charge on any atom is -0.251 e. The zero-order valence-electron chi connectivity index (χ0n) is 9.59. The van der Waals surface area contributed by atoms with Crippen LogP contribution < -0.4 is 0 Å². The summed E-state index contributed by atoms with van der Waals surface area (Å²) in [5.74, 6) is 0. The molecule has 1 aliphatic carbocycles. The Morgan fingerprint density at radius 1 is 1.33 bits per heavy atom. The lowest BCUT2D eigenvalue weighted by Gasteiger charge is -2.10. The molecule has 1 aliphatic rings. The summed E-state index contributed by atoms with van der Waals surface area (Å²) >= 11 is 6.39. The van der Waals surface area contributed by atoms with Crippen LogP contribution >= 0.6 is 11.6 Å². The Morgan fingerprint density at radius 2 is 2.07 bits per heavy atom. The van der Waals surface area contributed by atoms with Crippen LogP contribution in [0.2, 0.25) is 5.15 Å². The zero-order chi connectivity index (χ0) is 10.8. The molecule has 0 saturated carbocycles. The fraction of sp³-hybridized carbons (Fsp3) is 0.750. The normalized spacial score (nSPS) is 18.3. The second-order valence-corrected chi connectivity index (χ2v) is 4.84. The number of aryl methyl sites for hydroxylation is 1. The highest BCUT2D eigenvalue weighted by Gasteiger charge is 2.19. The molecule has 84 valence electrons. The molecule has 0 radical (unpaired) electrons. The molecule has 1 unspecified atom stereocenters. The smallest absolute Gasteiger partial charge is 0.130 e. The van der Waals surface area contributed by atoms with Gasteiger partial charge in [-0.1, -0.05) is 24.9 Å². The summed E-state index contributed by atoms with van der Waals surface area (Å²) in [5, 5.41) is 5.56. The molecule has 0 amide bonds. The summed E-state index contributed by atoms with van der Waals surface area (Å²) in [6.07, 6.45) is 7.15. The van der Waals surface area contributed by atoms with Gasteiger partial charge in [0.15, 0.2) is 0 Å². The van der Waals surface area contributed by atoms with Gasteiger partial charge in [0.1, 0.15) is 5.15 Å². The van der Waals surface area contributed by atoms with E-state index < -0.39 is 0 Å². The van der Waals surface area contributed by atoms with Gasteiger partial charge in [-0.3, -0.25) is 4.68 Å². The van der Waals surface area contributed by atoms with Gasteiger partial charge in [-0.15, -0.1) is 0 Å². The van der Waals surface area contributed by atoms with Crippen molar-refractivity contribution < 1.29 is 0 Å². The first-order valence-electron chi connectivity index (χ1n) is 5.99. The Balaban J connectivity index is 2.35. The number of aromatic nitrogens is 2. The maximum atomic E-state index is 6.39. The van der Waals surface area contributed by atoms with Gasteiger partial charge in [0.05, 0.1) is 11.7 Å². The Labute approximate surface area is 96.6 Å². The van der Waals surface area contributed by atoms with E-state index in [4.69, 9.17) is 11.6 Å². The minimum atomic E-state index is 0.421. The van der Waals surface area contributed by atoms with Gasteiger partial charge < -0.3 is 0 Å². The zero-order valence-corrected chi connectivity index (χ0v) is 10.3. The largest absolute Gasteiger partial charge is 0.251 e. The summed E-state index contributed by atoms with van der Waals surface area (Å²) in [6, 6.07) is 0.421. The summed E-state index contributed by atoms with van der Waals surface area (Å²) < 4.78 is 2.01. The molecule has 1 aromatic rings.